The zero-order valence-corrected chi connectivity index (χ0v) is 20.1. The third-order valence-corrected chi connectivity index (χ3v) is 6.38. The Morgan fingerprint density at radius 1 is 0.639 bits per heavy atom. The quantitative estimate of drug-likeness (QED) is 0.344. The van der Waals surface area contributed by atoms with Crippen molar-refractivity contribution in [2.24, 2.45) is 11.8 Å². The zero-order valence-electron chi connectivity index (χ0n) is 20.1. The molecule has 0 bridgehead atoms. The highest BCUT2D eigenvalue weighted by Gasteiger charge is 2.46. The average Bonchev–Trinajstić information content (AvgIpc) is 2.93. The molecule has 7 heteroatoms. The molecule has 0 N–H and O–H groups in total. The summed E-state index contributed by atoms with van der Waals surface area (Å²) in [7, 11) is 0. The van der Waals surface area contributed by atoms with Crippen LogP contribution in [0.3, 0.4) is 0 Å². The van der Waals surface area contributed by atoms with Gasteiger partial charge in [0.2, 0.25) is 6.29 Å². The summed E-state index contributed by atoms with van der Waals surface area (Å²) in [4.78, 5) is 38.1. The standard InChI is InChI=1S/C29H28O7/c1-19-20(2)25(35-27(31)22-14-8-4-9-15-22)29(36-28(32)23-16-10-5-11-17-23)34-24(19)18-33-26(30)21-12-6-3-7-13-21/h3-17,19-20,24-25,29H,18H2,1-2H3. The van der Waals surface area contributed by atoms with Crippen molar-refractivity contribution in [1.82, 2.24) is 0 Å². The highest BCUT2D eigenvalue weighted by atomic mass is 16.7. The van der Waals surface area contributed by atoms with Crippen LogP contribution < -0.4 is 0 Å². The number of esters is 3. The number of carbonyl (C=O) groups is 3. The number of carbonyl (C=O) groups excluding carboxylic acids is 3. The van der Waals surface area contributed by atoms with Crippen LogP contribution in [0, 0.1) is 11.8 Å². The molecule has 36 heavy (non-hydrogen) atoms. The fourth-order valence-electron chi connectivity index (χ4n) is 4.04. The first kappa shape index (κ1) is 25.1. The first-order valence-electron chi connectivity index (χ1n) is 11.8. The van der Waals surface area contributed by atoms with Crippen LogP contribution in [-0.2, 0) is 18.9 Å². The van der Waals surface area contributed by atoms with E-state index in [-0.39, 0.29) is 18.4 Å². The SMILES string of the molecule is CC1C(COC(=O)c2ccccc2)OC(OC(=O)c2ccccc2)C(OC(=O)c2ccccc2)C1C. The third-order valence-electron chi connectivity index (χ3n) is 6.38. The lowest BCUT2D eigenvalue weighted by atomic mass is 9.83. The van der Waals surface area contributed by atoms with Gasteiger partial charge in [-0.05, 0) is 42.3 Å². The summed E-state index contributed by atoms with van der Waals surface area (Å²) in [5.41, 5.74) is 1.15. The normalized spacial score (nSPS) is 23.3. The molecule has 1 aliphatic rings. The van der Waals surface area contributed by atoms with E-state index in [0.717, 1.165) is 0 Å². The molecular formula is C29H28O7. The van der Waals surface area contributed by atoms with Crippen molar-refractivity contribution in [2.75, 3.05) is 6.61 Å². The van der Waals surface area contributed by atoms with E-state index >= 15 is 0 Å². The molecule has 1 saturated heterocycles. The Labute approximate surface area is 209 Å². The van der Waals surface area contributed by atoms with Gasteiger partial charge in [0.05, 0.1) is 22.8 Å². The van der Waals surface area contributed by atoms with Gasteiger partial charge in [0, 0.05) is 5.92 Å². The molecule has 0 radical (unpaired) electrons. The highest BCUT2D eigenvalue weighted by molar-refractivity contribution is 5.90. The van der Waals surface area contributed by atoms with Crippen molar-refractivity contribution in [3.63, 3.8) is 0 Å². The van der Waals surface area contributed by atoms with Crippen molar-refractivity contribution >= 4 is 17.9 Å². The lowest BCUT2D eigenvalue weighted by Crippen LogP contribution is -2.54. The second kappa shape index (κ2) is 11.6. The van der Waals surface area contributed by atoms with Crippen molar-refractivity contribution in [2.45, 2.75) is 32.3 Å². The van der Waals surface area contributed by atoms with E-state index in [0.29, 0.717) is 16.7 Å². The van der Waals surface area contributed by atoms with Crippen LogP contribution in [0.25, 0.3) is 0 Å². The van der Waals surface area contributed by atoms with Crippen LogP contribution in [0.2, 0.25) is 0 Å². The largest absolute Gasteiger partial charge is 0.459 e. The molecule has 0 amide bonds. The van der Waals surface area contributed by atoms with Crippen LogP contribution in [0.1, 0.15) is 44.9 Å². The van der Waals surface area contributed by atoms with Gasteiger partial charge >= 0.3 is 17.9 Å². The first-order chi connectivity index (χ1) is 17.4. The van der Waals surface area contributed by atoms with Gasteiger partial charge in [-0.25, -0.2) is 14.4 Å². The molecule has 186 valence electrons. The maximum atomic E-state index is 12.8. The fourth-order valence-corrected chi connectivity index (χ4v) is 4.04. The highest BCUT2D eigenvalue weighted by Crippen LogP contribution is 2.34. The number of ether oxygens (including phenoxy) is 4. The molecule has 0 aromatic heterocycles. The lowest BCUT2D eigenvalue weighted by Gasteiger charge is -2.43. The van der Waals surface area contributed by atoms with E-state index in [9.17, 15) is 14.4 Å². The smallest absolute Gasteiger partial charge is 0.340 e. The molecule has 1 heterocycles. The molecule has 5 unspecified atom stereocenters. The van der Waals surface area contributed by atoms with Gasteiger partial charge in [-0.1, -0.05) is 68.4 Å². The minimum Gasteiger partial charge on any atom is -0.459 e. The van der Waals surface area contributed by atoms with E-state index < -0.39 is 36.4 Å². The Balaban J connectivity index is 1.51. The van der Waals surface area contributed by atoms with Gasteiger partial charge < -0.3 is 18.9 Å². The molecule has 5 atom stereocenters. The van der Waals surface area contributed by atoms with Crippen molar-refractivity contribution in [3.8, 4) is 0 Å². The summed E-state index contributed by atoms with van der Waals surface area (Å²) in [5.74, 6) is -2.06. The van der Waals surface area contributed by atoms with Crippen LogP contribution in [0.4, 0.5) is 0 Å². The summed E-state index contributed by atoms with van der Waals surface area (Å²) in [6, 6.07) is 25.7. The van der Waals surface area contributed by atoms with E-state index in [2.05, 4.69) is 0 Å². The van der Waals surface area contributed by atoms with Gasteiger partial charge in [0.25, 0.3) is 0 Å². The van der Waals surface area contributed by atoms with Crippen LogP contribution in [0.15, 0.2) is 91.0 Å². The molecular weight excluding hydrogens is 460 g/mol. The van der Waals surface area contributed by atoms with E-state index in [1.165, 1.54) is 0 Å². The minimum atomic E-state index is -1.18. The van der Waals surface area contributed by atoms with Gasteiger partial charge in [0.15, 0.2) is 6.10 Å². The van der Waals surface area contributed by atoms with E-state index in [4.69, 9.17) is 18.9 Å². The number of hydrogen-bond donors (Lipinski definition) is 0. The summed E-state index contributed by atoms with van der Waals surface area (Å²) in [6.07, 6.45) is -2.62. The second-order valence-electron chi connectivity index (χ2n) is 8.73. The molecule has 3 aromatic carbocycles. The maximum absolute atomic E-state index is 12.8. The minimum absolute atomic E-state index is 0.0437. The van der Waals surface area contributed by atoms with Gasteiger partial charge in [-0.2, -0.15) is 0 Å². The topological polar surface area (TPSA) is 88.1 Å². The lowest BCUT2D eigenvalue weighted by molar-refractivity contribution is -0.254. The van der Waals surface area contributed by atoms with Crippen molar-refractivity contribution < 1.29 is 33.3 Å². The van der Waals surface area contributed by atoms with Gasteiger partial charge in [-0.3, -0.25) is 0 Å². The Hall–Kier alpha value is -3.97. The van der Waals surface area contributed by atoms with Crippen molar-refractivity contribution in [1.29, 1.82) is 0 Å². The second-order valence-corrected chi connectivity index (χ2v) is 8.73. The summed E-state index contributed by atoms with van der Waals surface area (Å²) in [5, 5.41) is 0. The summed E-state index contributed by atoms with van der Waals surface area (Å²) < 4.78 is 23.1. The van der Waals surface area contributed by atoms with E-state index in [1.54, 1.807) is 84.9 Å². The molecule has 3 aromatic rings. The maximum Gasteiger partial charge on any atom is 0.340 e. The molecule has 1 aliphatic heterocycles. The number of rotatable bonds is 7. The zero-order chi connectivity index (χ0) is 25.5. The fraction of sp³-hybridized carbons (Fsp3) is 0.276. The summed E-state index contributed by atoms with van der Waals surface area (Å²) in [6.45, 7) is 3.77. The molecule has 0 spiro atoms. The summed E-state index contributed by atoms with van der Waals surface area (Å²) >= 11 is 0. The predicted octanol–water partition coefficient (Wildman–Crippen LogP) is 4.92. The molecule has 4 rings (SSSR count). The number of benzene rings is 3. The van der Waals surface area contributed by atoms with E-state index in [1.807, 2.05) is 19.9 Å². The third kappa shape index (κ3) is 5.98. The molecule has 7 nitrogen and oxygen atoms in total. The van der Waals surface area contributed by atoms with Crippen LogP contribution >= 0.6 is 0 Å². The Morgan fingerprint density at radius 2 is 1.08 bits per heavy atom. The first-order valence-corrected chi connectivity index (χ1v) is 11.8. The van der Waals surface area contributed by atoms with Crippen molar-refractivity contribution in [3.05, 3.63) is 108 Å². The van der Waals surface area contributed by atoms with Gasteiger partial charge in [-0.15, -0.1) is 0 Å². The predicted molar refractivity (Wildman–Crippen MR) is 131 cm³/mol. The molecule has 1 fully saturated rings. The van der Waals surface area contributed by atoms with Crippen LogP contribution in [-0.4, -0.2) is 43.0 Å². The number of hydrogen-bond acceptors (Lipinski definition) is 7. The average molecular weight is 489 g/mol. The monoisotopic (exact) mass is 488 g/mol. The molecule has 0 saturated carbocycles. The Kier molecular flexibility index (Phi) is 8.13. The van der Waals surface area contributed by atoms with Crippen LogP contribution in [0.5, 0.6) is 0 Å². The van der Waals surface area contributed by atoms with Gasteiger partial charge in [0.1, 0.15) is 6.61 Å². The molecule has 0 aliphatic carbocycles. The Bertz CT molecular complexity index is 1160. The Morgan fingerprint density at radius 3 is 1.58 bits per heavy atom.